The van der Waals surface area contributed by atoms with Crippen LogP contribution in [-0.4, -0.2) is 24.9 Å². The molecule has 0 radical (unpaired) electrons. The number of amides is 4. The van der Waals surface area contributed by atoms with E-state index in [0.717, 1.165) is 5.56 Å². The Morgan fingerprint density at radius 2 is 1.48 bits per heavy atom. The van der Waals surface area contributed by atoms with Crippen molar-refractivity contribution < 1.29 is 14.4 Å². The van der Waals surface area contributed by atoms with Crippen molar-refractivity contribution in [2.45, 2.75) is 13.3 Å². The highest BCUT2D eigenvalue weighted by atomic mass is 16.2. The molecule has 2 aromatic carbocycles. The van der Waals surface area contributed by atoms with Gasteiger partial charge in [0.25, 0.3) is 0 Å². The molecule has 0 unspecified atom stereocenters. The fraction of sp³-hybridized carbons (Fsp3) is 0.167. The SMILES string of the molecule is CNC(=O)Nc1cccc(NC(=O)Cc2ccc(NC(C)=O)cc2)c1. The first kappa shape index (κ1) is 18.0. The number of anilines is 3. The summed E-state index contributed by atoms with van der Waals surface area (Å²) in [4.78, 5) is 34.5. The largest absolute Gasteiger partial charge is 0.341 e. The summed E-state index contributed by atoms with van der Waals surface area (Å²) in [5, 5.41) is 10.6. The Morgan fingerprint density at radius 1 is 0.840 bits per heavy atom. The second-order valence-electron chi connectivity index (χ2n) is 5.39. The highest BCUT2D eigenvalue weighted by molar-refractivity contribution is 5.94. The average Bonchev–Trinajstić information content (AvgIpc) is 2.56. The summed E-state index contributed by atoms with van der Waals surface area (Å²) < 4.78 is 0. The molecule has 0 saturated carbocycles. The minimum atomic E-state index is -0.331. The van der Waals surface area contributed by atoms with Gasteiger partial charge in [0.2, 0.25) is 11.8 Å². The fourth-order valence-corrected chi connectivity index (χ4v) is 2.17. The molecule has 4 amide bonds. The number of urea groups is 1. The van der Waals surface area contributed by atoms with E-state index in [1.54, 1.807) is 48.5 Å². The van der Waals surface area contributed by atoms with Crippen molar-refractivity contribution in [3.8, 4) is 0 Å². The van der Waals surface area contributed by atoms with Crippen molar-refractivity contribution in [3.05, 3.63) is 54.1 Å². The molecule has 0 aliphatic carbocycles. The van der Waals surface area contributed by atoms with Crippen LogP contribution in [0.25, 0.3) is 0 Å². The van der Waals surface area contributed by atoms with E-state index >= 15 is 0 Å². The predicted octanol–water partition coefficient (Wildman–Crippen LogP) is 2.58. The van der Waals surface area contributed by atoms with Crippen molar-refractivity contribution in [2.75, 3.05) is 23.0 Å². The number of benzene rings is 2. The Morgan fingerprint density at radius 3 is 2.08 bits per heavy atom. The Bertz CT molecular complexity index is 772. The van der Waals surface area contributed by atoms with E-state index in [4.69, 9.17) is 0 Å². The van der Waals surface area contributed by atoms with Gasteiger partial charge in [-0.1, -0.05) is 18.2 Å². The summed E-state index contributed by atoms with van der Waals surface area (Å²) >= 11 is 0. The van der Waals surface area contributed by atoms with Crippen molar-refractivity contribution in [2.24, 2.45) is 0 Å². The Hall–Kier alpha value is -3.35. The van der Waals surface area contributed by atoms with Crippen LogP contribution in [0.2, 0.25) is 0 Å². The van der Waals surface area contributed by atoms with Crippen LogP contribution in [0.3, 0.4) is 0 Å². The minimum absolute atomic E-state index is 0.143. The third-order valence-corrected chi connectivity index (χ3v) is 3.27. The molecule has 0 fully saturated rings. The zero-order valence-electron chi connectivity index (χ0n) is 14.1. The molecule has 0 aliphatic rings. The Labute approximate surface area is 145 Å². The van der Waals surface area contributed by atoms with Crippen molar-refractivity contribution >= 4 is 34.9 Å². The monoisotopic (exact) mass is 340 g/mol. The summed E-state index contributed by atoms with van der Waals surface area (Å²) in [6.45, 7) is 1.44. The topological polar surface area (TPSA) is 99.3 Å². The highest BCUT2D eigenvalue weighted by Gasteiger charge is 2.06. The maximum absolute atomic E-state index is 12.2. The second-order valence-corrected chi connectivity index (χ2v) is 5.39. The number of hydrogen-bond donors (Lipinski definition) is 4. The Balaban J connectivity index is 1.94. The van der Waals surface area contributed by atoms with E-state index in [1.165, 1.54) is 14.0 Å². The van der Waals surface area contributed by atoms with Gasteiger partial charge in [0.05, 0.1) is 6.42 Å². The van der Waals surface area contributed by atoms with Crippen LogP contribution < -0.4 is 21.3 Å². The lowest BCUT2D eigenvalue weighted by molar-refractivity contribution is -0.116. The quantitative estimate of drug-likeness (QED) is 0.673. The smallest absolute Gasteiger partial charge is 0.318 e. The van der Waals surface area contributed by atoms with E-state index in [1.807, 2.05) is 0 Å². The summed E-state index contributed by atoms with van der Waals surface area (Å²) in [6, 6.07) is 13.6. The highest BCUT2D eigenvalue weighted by Crippen LogP contribution is 2.16. The molecule has 7 nitrogen and oxygen atoms in total. The predicted molar refractivity (Wildman–Crippen MR) is 97.6 cm³/mol. The zero-order valence-corrected chi connectivity index (χ0v) is 14.1. The van der Waals surface area contributed by atoms with E-state index in [-0.39, 0.29) is 24.3 Å². The first-order valence-electron chi connectivity index (χ1n) is 7.71. The molecule has 25 heavy (non-hydrogen) atoms. The van der Waals surface area contributed by atoms with Gasteiger partial charge in [0.15, 0.2) is 0 Å². The Kier molecular flexibility index (Phi) is 6.11. The number of hydrogen-bond acceptors (Lipinski definition) is 3. The number of nitrogens with one attached hydrogen (secondary N) is 4. The van der Waals surface area contributed by atoms with Crippen LogP contribution in [0.15, 0.2) is 48.5 Å². The van der Waals surface area contributed by atoms with Crippen LogP contribution in [0.4, 0.5) is 21.9 Å². The molecule has 7 heteroatoms. The molecule has 0 bridgehead atoms. The van der Waals surface area contributed by atoms with Crippen LogP contribution in [0.1, 0.15) is 12.5 Å². The van der Waals surface area contributed by atoms with Crippen LogP contribution in [0.5, 0.6) is 0 Å². The summed E-state index contributed by atoms with van der Waals surface area (Å²) in [7, 11) is 1.53. The number of carbonyl (C=O) groups is 3. The molecule has 2 rings (SSSR count). The van der Waals surface area contributed by atoms with Crippen LogP contribution >= 0.6 is 0 Å². The van der Waals surface area contributed by atoms with Gasteiger partial charge in [-0.15, -0.1) is 0 Å². The molecular weight excluding hydrogens is 320 g/mol. The number of carbonyl (C=O) groups excluding carboxylic acids is 3. The molecule has 2 aromatic rings. The minimum Gasteiger partial charge on any atom is -0.341 e. The lowest BCUT2D eigenvalue weighted by Crippen LogP contribution is -2.24. The molecule has 0 heterocycles. The normalized spacial score (nSPS) is 9.84. The molecule has 0 atom stereocenters. The molecule has 0 spiro atoms. The van der Waals surface area contributed by atoms with Crippen molar-refractivity contribution in [1.82, 2.24) is 5.32 Å². The van der Waals surface area contributed by atoms with E-state index in [9.17, 15) is 14.4 Å². The summed E-state index contributed by atoms with van der Waals surface area (Å²) in [5.41, 5.74) is 2.68. The fourth-order valence-electron chi connectivity index (χ4n) is 2.17. The summed E-state index contributed by atoms with van der Waals surface area (Å²) in [5.74, 6) is -0.319. The van der Waals surface area contributed by atoms with Gasteiger partial charge in [-0.05, 0) is 35.9 Å². The molecule has 0 aromatic heterocycles. The average molecular weight is 340 g/mol. The second kappa shape index (κ2) is 8.49. The van der Waals surface area contributed by atoms with Crippen LogP contribution in [-0.2, 0) is 16.0 Å². The molecular formula is C18H20N4O3. The van der Waals surface area contributed by atoms with Gasteiger partial charge in [0.1, 0.15) is 0 Å². The maximum atomic E-state index is 12.2. The van der Waals surface area contributed by atoms with Crippen molar-refractivity contribution in [3.63, 3.8) is 0 Å². The van der Waals surface area contributed by atoms with E-state index < -0.39 is 0 Å². The standard InChI is InChI=1S/C18H20N4O3/c1-12(23)20-14-8-6-13(7-9-14)10-17(24)21-15-4-3-5-16(11-15)22-18(25)19-2/h3-9,11H,10H2,1-2H3,(H,20,23)(H,21,24)(H2,19,22,25). The molecule has 4 N–H and O–H groups in total. The van der Waals surface area contributed by atoms with Gasteiger partial charge in [-0.25, -0.2) is 4.79 Å². The summed E-state index contributed by atoms with van der Waals surface area (Å²) in [6.07, 6.45) is 0.202. The molecule has 0 saturated heterocycles. The third kappa shape index (κ3) is 5.98. The van der Waals surface area contributed by atoms with Crippen LogP contribution in [0, 0.1) is 0 Å². The molecule has 130 valence electrons. The van der Waals surface area contributed by atoms with Gasteiger partial charge in [-0.3, -0.25) is 9.59 Å². The number of rotatable bonds is 5. The lowest BCUT2D eigenvalue weighted by Gasteiger charge is -2.09. The lowest BCUT2D eigenvalue weighted by atomic mass is 10.1. The maximum Gasteiger partial charge on any atom is 0.318 e. The van der Waals surface area contributed by atoms with E-state index in [2.05, 4.69) is 21.3 Å². The first-order valence-corrected chi connectivity index (χ1v) is 7.71. The van der Waals surface area contributed by atoms with Gasteiger partial charge in [0, 0.05) is 31.0 Å². The van der Waals surface area contributed by atoms with Crippen molar-refractivity contribution in [1.29, 1.82) is 0 Å². The van der Waals surface area contributed by atoms with Gasteiger partial charge < -0.3 is 21.3 Å². The first-order chi connectivity index (χ1) is 12.0. The van der Waals surface area contributed by atoms with Gasteiger partial charge in [-0.2, -0.15) is 0 Å². The zero-order chi connectivity index (χ0) is 18.2. The third-order valence-electron chi connectivity index (χ3n) is 3.27. The van der Waals surface area contributed by atoms with Gasteiger partial charge >= 0.3 is 6.03 Å². The molecule has 0 aliphatic heterocycles. The van der Waals surface area contributed by atoms with E-state index in [0.29, 0.717) is 17.1 Å².